The Morgan fingerprint density at radius 2 is 1.70 bits per heavy atom. The van der Waals surface area contributed by atoms with Crippen molar-refractivity contribution in [2.75, 3.05) is 31.5 Å². The first-order valence-electron chi connectivity index (χ1n) is 11.3. The zero-order valence-corrected chi connectivity index (χ0v) is 17.5. The molecule has 7 nitrogen and oxygen atoms in total. The van der Waals surface area contributed by atoms with Crippen LogP contribution in [0.1, 0.15) is 56.4 Å². The van der Waals surface area contributed by atoms with Crippen molar-refractivity contribution in [3.63, 3.8) is 0 Å². The van der Waals surface area contributed by atoms with Crippen LogP contribution in [0.4, 0.5) is 5.69 Å². The number of nitrogens with zero attached hydrogens (tertiary/aromatic N) is 1. The second-order valence-electron chi connectivity index (χ2n) is 8.82. The highest BCUT2D eigenvalue weighted by atomic mass is 16.2. The van der Waals surface area contributed by atoms with Crippen LogP contribution in [0.2, 0.25) is 0 Å². The average Bonchev–Trinajstić information content (AvgIpc) is 2.77. The molecule has 0 radical (unpaired) electrons. The standard InChI is InChI=1S/C23H32N4O3/c28-21-6-5-20(23(30)26-21)25-19-3-1-17(2-4-19)18-9-13-27(14-10-18)22(29)15-16-7-11-24-12-8-16/h1-4,16,18,20,24-25H,5-15H2,(H,26,28,30). The Kier molecular flexibility index (Phi) is 6.67. The monoisotopic (exact) mass is 412 g/mol. The Balaban J connectivity index is 1.25. The molecule has 3 aliphatic heterocycles. The van der Waals surface area contributed by atoms with Crippen LogP contribution in [0.3, 0.4) is 0 Å². The van der Waals surface area contributed by atoms with Crippen molar-refractivity contribution in [2.24, 2.45) is 5.92 Å². The summed E-state index contributed by atoms with van der Waals surface area (Å²) in [5.74, 6) is 0.883. The van der Waals surface area contributed by atoms with Gasteiger partial charge in [-0.3, -0.25) is 19.7 Å². The van der Waals surface area contributed by atoms with E-state index in [1.807, 2.05) is 12.1 Å². The molecule has 162 valence electrons. The molecule has 3 aliphatic rings. The maximum Gasteiger partial charge on any atom is 0.249 e. The smallest absolute Gasteiger partial charge is 0.249 e. The Morgan fingerprint density at radius 3 is 2.37 bits per heavy atom. The largest absolute Gasteiger partial charge is 0.374 e. The first-order chi connectivity index (χ1) is 14.6. The number of amides is 3. The van der Waals surface area contributed by atoms with E-state index in [0.717, 1.165) is 57.5 Å². The summed E-state index contributed by atoms with van der Waals surface area (Å²) in [5, 5.41) is 8.96. The highest BCUT2D eigenvalue weighted by molar-refractivity contribution is 6.01. The Hall–Kier alpha value is -2.41. The lowest BCUT2D eigenvalue weighted by Crippen LogP contribution is -2.47. The highest BCUT2D eigenvalue weighted by Crippen LogP contribution is 2.30. The van der Waals surface area contributed by atoms with Gasteiger partial charge in [-0.25, -0.2) is 0 Å². The van der Waals surface area contributed by atoms with E-state index in [1.165, 1.54) is 5.56 Å². The summed E-state index contributed by atoms with van der Waals surface area (Å²) in [7, 11) is 0. The number of piperidine rings is 3. The lowest BCUT2D eigenvalue weighted by molar-refractivity contribution is -0.134. The van der Waals surface area contributed by atoms with Crippen LogP contribution in [-0.2, 0) is 14.4 Å². The van der Waals surface area contributed by atoms with Crippen molar-refractivity contribution < 1.29 is 14.4 Å². The molecule has 1 atom stereocenters. The van der Waals surface area contributed by atoms with Gasteiger partial charge in [-0.2, -0.15) is 0 Å². The number of carbonyl (C=O) groups excluding carboxylic acids is 3. The minimum Gasteiger partial charge on any atom is -0.374 e. The van der Waals surface area contributed by atoms with Crippen LogP contribution in [-0.4, -0.2) is 54.8 Å². The molecule has 0 saturated carbocycles. The van der Waals surface area contributed by atoms with Gasteiger partial charge < -0.3 is 15.5 Å². The number of likely N-dealkylation sites (tertiary alicyclic amines) is 1. The number of hydrogen-bond donors (Lipinski definition) is 3. The molecular formula is C23H32N4O3. The summed E-state index contributed by atoms with van der Waals surface area (Å²) >= 11 is 0. The minimum absolute atomic E-state index is 0.200. The average molecular weight is 413 g/mol. The molecular weight excluding hydrogens is 380 g/mol. The zero-order chi connectivity index (χ0) is 20.9. The molecule has 1 aromatic carbocycles. The zero-order valence-electron chi connectivity index (χ0n) is 17.5. The van der Waals surface area contributed by atoms with E-state index in [4.69, 9.17) is 0 Å². The molecule has 3 saturated heterocycles. The summed E-state index contributed by atoms with van der Waals surface area (Å²) in [4.78, 5) is 37.9. The summed E-state index contributed by atoms with van der Waals surface area (Å²) in [6, 6.07) is 7.89. The van der Waals surface area contributed by atoms with Crippen molar-refractivity contribution in [1.82, 2.24) is 15.5 Å². The van der Waals surface area contributed by atoms with Gasteiger partial charge in [-0.1, -0.05) is 12.1 Å². The molecule has 0 spiro atoms. The molecule has 7 heteroatoms. The molecule has 30 heavy (non-hydrogen) atoms. The molecule has 0 bridgehead atoms. The van der Waals surface area contributed by atoms with E-state index in [2.05, 4.69) is 33.0 Å². The number of benzene rings is 1. The van der Waals surface area contributed by atoms with E-state index in [0.29, 0.717) is 37.0 Å². The van der Waals surface area contributed by atoms with Crippen molar-refractivity contribution >= 4 is 23.4 Å². The first kappa shape index (κ1) is 20.8. The van der Waals surface area contributed by atoms with Gasteiger partial charge in [-0.05, 0) is 74.7 Å². The topological polar surface area (TPSA) is 90.5 Å². The van der Waals surface area contributed by atoms with Crippen LogP contribution in [0.25, 0.3) is 0 Å². The predicted octanol–water partition coefficient (Wildman–Crippen LogP) is 2.00. The summed E-state index contributed by atoms with van der Waals surface area (Å²) in [5.41, 5.74) is 2.18. The number of nitrogens with one attached hydrogen (secondary N) is 3. The summed E-state index contributed by atoms with van der Waals surface area (Å²) in [6.45, 7) is 3.75. The molecule has 0 aliphatic carbocycles. The molecule has 3 heterocycles. The number of anilines is 1. The van der Waals surface area contributed by atoms with Gasteiger partial charge >= 0.3 is 0 Å². The van der Waals surface area contributed by atoms with E-state index in [1.54, 1.807) is 0 Å². The van der Waals surface area contributed by atoms with Gasteiger partial charge in [0.05, 0.1) is 0 Å². The van der Waals surface area contributed by atoms with Gasteiger partial charge in [0.2, 0.25) is 17.7 Å². The molecule has 4 rings (SSSR count). The molecule has 3 amide bonds. The number of rotatable bonds is 5. The molecule has 1 unspecified atom stereocenters. The van der Waals surface area contributed by atoms with E-state index in [9.17, 15) is 14.4 Å². The highest BCUT2D eigenvalue weighted by Gasteiger charge is 2.27. The number of hydrogen-bond acceptors (Lipinski definition) is 5. The van der Waals surface area contributed by atoms with Crippen LogP contribution < -0.4 is 16.0 Å². The fourth-order valence-corrected chi connectivity index (χ4v) is 4.81. The predicted molar refractivity (Wildman–Crippen MR) is 115 cm³/mol. The van der Waals surface area contributed by atoms with Gasteiger partial charge in [0, 0.05) is 31.6 Å². The minimum atomic E-state index is -0.359. The van der Waals surface area contributed by atoms with Crippen LogP contribution in [0.15, 0.2) is 24.3 Å². The second-order valence-corrected chi connectivity index (χ2v) is 8.82. The Morgan fingerprint density at radius 1 is 1.00 bits per heavy atom. The third kappa shape index (κ3) is 5.19. The fourth-order valence-electron chi connectivity index (χ4n) is 4.81. The van der Waals surface area contributed by atoms with Crippen LogP contribution in [0, 0.1) is 5.92 Å². The molecule has 3 N–H and O–H groups in total. The van der Waals surface area contributed by atoms with Crippen LogP contribution in [0.5, 0.6) is 0 Å². The summed E-state index contributed by atoms with van der Waals surface area (Å²) < 4.78 is 0. The third-order valence-electron chi connectivity index (χ3n) is 6.73. The Bertz CT molecular complexity index is 765. The normalized spacial score (nSPS) is 23.9. The van der Waals surface area contributed by atoms with Crippen molar-refractivity contribution in [3.8, 4) is 0 Å². The van der Waals surface area contributed by atoms with Crippen molar-refractivity contribution in [3.05, 3.63) is 29.8 Å². The van der Waals surface area contributed by atoms with E-state index < -0.39 is 0 Å². The lowest BCUT2D eigenvalue weighted by Gasteiger charge is -2.34. The second kappa shape index (κ2) is 9.60. The Labute approximate surface area is 178 Å². The fraction of sp³-hybridized carbons (Fsp3) is 0.609. The molecule has 1 aromatic rings. The first-order valence-corrected chi connectivity index (χ1v) is 11.3. The van der Waals surface area contributed by atoms with Crippen molar-refractivity contribution in [1.29, 1.82) is 0 Å². The van der Waals surface area contributed by atoms with Gasteiger partial charge in [-0.15, -0.1) is 0 Å². The molecule has 0 aromatic heterocycles. The SMILES string of the molecule is O=C1CCC(Nc2ccc(C3CCN(C(=O)CC4CCNCC4)CC3)cc2)C(=O)N1. The van der Waals surface area contributed by atoms with Gasteiger partial charge in [0.1, 0.15) is 6.04 Å². The maximum atomic E-state index is 12.6. The van der Waals surface area contributed by atoms with Gasteiger partial charge in [0.25, 0.3) is 0 Å². The number of carbonyl (C=O) groups is 3. The van der Waals surface area contributed by atoms with Crippen LogP contribution >= 0.6 is 0 Å². The van der Waals surface area contributed by atoms with E-state index >= 15 is 0 Å². The number of imide groups is 1. The van der Waals surface area contributed by atoms with Gasteiger partial charge in [0.15, 0.2) is 0 Å². The quantitative estimate of drug-likeness (QED) is 0.644. The molecule has 3 fully saturated rings. The maximum absolute atomic E-state index is 12.6. The lowest BCUT2D eigenvalue weighted by atomic mass is 9.88. The van der Waals surface area contributed by atoms with E-state index in [-0.39, 0.29) is 17.9 Å². The van der Waals surface area contributed by atoms with Crippen molar-refractivity contribution in [2.45, 2.75) is 56.9 Å². The summed E-state index contributed by atoms with van der Waals surface area (Å²) in [6.07, 6.45) is 5.82. The third-order valence-corrected chi connectivity index (χ3v) is 6.73.